The van der Waals surface area contributed by atoms with Gasteiger partial charge in [-0.25, -0.2) is 19.0 Å². The number of carboxylic acids is 1. The minimum Gasteiger partial charge on any atom is -0.476 e. The summed E-state index contributed by atoms with van der Waals surface area (Å²) in [6, 6.07) is 0. The Hall–Kier alpha value is -2.78. The summed E-state index contributed by atoms with van der Waals surface area (Å²) in [6.07, 6.45) is 2.44. The van der Waals surface area contributed by atoms with E-state index in [1.807, 2.05) is 0 Å². The van der Waals surface area contributed by atoms with Gasteiger partial charge in [0, 0.05) is 6.92 Å². The van der Waals surface area contributed by atoms with Crippen molar-refractivity contribution in [3.63, 3.8) is 0 Å². The quantitative estimate of drug-likeness (QED) is 0.599. The smallest absolute Gasteiger partial charge is 0.358 e. The van der Waals surface area contributed by atoms with Crippen LogP contribution in [0.15, 0.2) is 12.4 Å². The number of hydrogen-bond acceptors (Lipinski definition) is 6. The van der Waals surface area contributed by atoms with Crippen LogP contribution in [0.3, 0.4) is 0 Å². The molecular weight excluding hydrogens is 256 g/mol. The Balaban J connectivity index is 2.12. The van der Waals surface area contributed by atoms with Crippen LogP contribution in [0.25, 0.3) is 0 Å². The zero-order valence-corrected chi connectivity index (χ0v) is 9.92. The highest BCUT2D eigenvalue weighted by Gasteiger charge is 2.17. The summed E-state index contributed by atoms with van der Waals surface area (Å²) in [5.74, 6) is -0.780. The molecule has 0 radical (unpaired) electrons. The van der Waals surface area contributed by atoms with Crippen LogP contribution in [-0.4, -0.2) is 40.5 Å². The van der Waals surface area contributed by atoms with Crippen molar-refractivity contribution in [2.24, 2.45) is 0 Å². The number of nitrogens with zero attached hydrogens (tertiary/aromatic N) is 6. The summed E-state index contributed by atoms with van der Waals surface area (Å²) in [7, 11) is 0. The maximum atomic E-state index is 10.8. The van der Waals surface area contributed by atoms with Crippen molar-refractivity contribution in [3.8, 4) is 0 Å². The number of aryl methyl sites for hydroxylation is 2. The first-order valence-corrected chi connectivity index (χ1v) is 5.29. The fourth-order valence-electron chi connectivity index (χ4n) is 1.59. The largest absolute Gasteiger partial charge is 0.476 e. The van der Waals surface area contributed by atoms with Crippen molar-refractivity contribution >= 4 is 11.8 Å². The van der Waals surface area contributed by atoms with Gasteiger partial charge in [-0.15, -0.1) is 5.10 Å². The molecule has 2 rings (SSSR count). The SMILES string of the molecule is Cc1ncc([N+](=O)[O-])n1CCn1cc(C(=O)O)nn1. The molecule has 2 aromatic rings. The number of aromatic carboxylic acids is 1. The van der Waals surface area contributed by atoms with Crippen LogP contribution in [0.2, 0.25) is 0 Å². The van der Waals surface area contributed by atoms with E-state index in [1.54, 1.807) is 6.92 Å². The summed E-state index contributed by atoms with van der Waals surface area (Å²) < 4.78 is 2.73. The molecule has 0 amide bonds. The van der Waals surface area contributed by atoms with Gasteiger partial charge in [0.1, 0.15) is 12.7 Å². The number of carboxylic acid groups (broad SMARTS) is 1. The van der Waals surface area contributed by atoms with Crippen LogP contribution >= 0.6 is 0 Å². The average molecular weight is 266 g/mol. The zero-order valence-electron chi connectivity index (χ0n) is 9.92. The molecule has 10 heteroatoms. The maximum Gasteiger partial charge on any atom is 0.358 e. The number of nitro groups is 1. The lowest BCUT2D eigenvalue weighted by Crippen LogP contribution is -2.11. The monoisotopic (exact) mass is 266 g/mol. The van der Waals surface area contributed by atoms with Crippen molar-refractivity contribution in [1.29, 1.82) is 0 Å². The van der Waals surface area contributed by atoms with Gasteiger partial charge >= 0.3 is 11.8 Å². The standard InChI is InChI=1S/C9H10N6O4/c1-6-10-4-8(15(18)19)14(6)3-2-13-5-7(9(16)17)11-12-13/h4-5H,2-3H2,1H3,(H,16,17). The number of aromatic nitrogens is 5. The first-order chi connectivity index (χ1) is 8.99. The number of rotatable bonds is 5. The number of carbonyl (C=O) groups is 1. The molecule has 100 valence electrons. The van der Waals surface area contributed by atoms with Crippen LogP contribution in [0, 0.1) is 17.0 Å². The van der Waals surface area contributed by atoms with E-state index in [9.17, 15) is 14.9 Å². The van der Waals surface area contributed by atoms with Gasteiger partial charge in [-0.1, -0.05) is 5.21 Å². The maximum absolute atomic E-state index is 10.8. The van der Waals surface area contributed by atoms with Crippen molar-refractivity contribution in [2.75, 3.05) is 0 Å². The third-order valence-corrected chi connectivity index (χ3v) is 2.53. The van der Waals surface area contributed by atoms with Crippen LogP contribution in [0.5, 0.6) is 0 Å². The van der Waals surface area contributed by atoms with Gasteiger partial charge < -0.3 is 15.2 Å². The number of hydrogen-bond donors (Lipinski definition) is 1. The van der Waals surface area contributed by atoms with Crippen molar-refractivity contribution in [2.45, 2.75) is 20.0 Å². The molecule has 1 N–H and O–H groups in total. The molecular formula is C9H10N6O4. The Morgan fingerprint density at radius 3 is 2.84 bits per heavy atom. The van der Waals surface area contributed by atoms with E-state index in [1.165, 1.54) is 21.6 Å². The van der Waals surface area contributed by atoms with E-state index in [2.05, 4.69) is 15.3 Å². The molecule has 2 heterocycles. The first-order valence-electron chi connectivity index (χ1n) is 5.29. The molecule has 0 spiro atoms. The lowest BCUT2D eigenvalue weighted by Gasteiger charge is -2.02. The number of imidazole rings is 1. The van der Waals surface area contributed by atoms with Gasteiger partial charge in [0.25, 0.3) is 0 Å². The van der Waals surface area contributed by atoms with E-state index >= 15 is 0 Å². The Morgan fingerprint density at radius 1 is 1.53 bits per heavy atom. The fraction of sp³-hybridized carbons (Fsp3) is 0.333. The summed E-state index contributed by atoms with van der Waals surface area (Å²) in [5, 5.41) is 26.5. The van der Waals surface area contributed by atoms with Gasteiger partial charge in [0.2, 0.25) is 0 Å². The molecule has 19 heavy (non-hydrogen) atoms. The molecule has 0 bridgehead atoms. The molecule has 10 nitrogen and oxygen atoms in total. The van der Waals surface area contributed by atoms with E-state index < -0.39 is 10.9 Å². The van der Waals surface area contributed by atoms with E-state index in [0.29, 0.717) is 5.82 Å². The van der Waals surface area contributed by atoms with Crippen molar-refractivity contribution in [3.05, 3.63) is 34.0 Å². The molecule has 0 atom stereocenters. The van der Waals surface area contributed by atoms with Gasteiger partial charge in [0.05, 0.1) is 12.7 Å². The lowest BCUT2D eigenvalue weighted by molar-refractivity contribution is -0.392. The predicted molar refractivity (Wildman–Crippen MR) is 60.6 cm³/mol. The third kappa shape index (κ3) is 2.56. The van der Waals surface area contributed by atoms with Crippen LogP contribution in [-0.2, 0) is 13.1 Å². The van der Waals surface area contributed by atoms with Crippen molar-refractivity contribution in [1.82, 2.24) is 24.5 Å². The Bertz CT molecular complexity index is 630. The third-order valence-electron chi connectivity index (χ3n) is 2.53. The Kier molecular flexibility index (Phi) is 3.23. The van der Waals surface area contributed by atoms with E-state index in [4.69, 9.17) is 5.11 Å². The normalized spacial score (nSPS) is 10.6. The highest BCUT2D eigenvalue weighted by molar-refractivity contribution is 5.84. The molecule has 0 aromatic carbocycles. The van der Waals surface area contributed by atoms with Crippen LogP contribution < -0.4 is 0 Å². The highest BCUT2D eigenvalue weighted by Crippen LogP contribution is 2.13. The molecule has 0 saturated heterocycles. The van der Waals surface area contributed by atoms with Crippen LogP contribution in [0.1, 0.15) is 16.3 Å². The molecule has 0 unspecified atom stereocenters. The molecule has 2 aromatic heterocycles. The summed E-state index contributed by atoms with van der Waals surface area (Å²) >= 11 is 0. The Labute approximate surface area is 106 Å². The minimum absolute atomic E-state index is 0.115. The fourth-order valence-corrected chi connectivity index (χ4v) is 1.59. The summed E-state index contributed by atoms with van der Waals surface area (Å²) in [6.45, 7) is 2.17. The summed E-state index contributed by atoms with van der Waals surface area (Å²) in [5.41, 5.74) is -0.170. The average Bonchev–Trinajstić information content (AvgIpc) is 2.93. The molecule has 0 aliphatic rings. The van der Waals surface area contributed by atoms with Crippen molar-refractivity contribution < 1.29 is 14.8 Å². The lowest BCUT2D eigenvalue weighted by atomic mass is 10.5. The molecule has 0 fully saturated rings. The first kappa shape index (κ1) is 12.7. The topological polar surface area (TPSA) is 129 Å². The van der Waals surface area contributed by atoms with Gasteiger partial charge in [0.15, 0.2) is 11.5 Å². The molecule has 0 aliphatic carbocycles. The van der Waals surface area contributed by atoms with Gasteiger partial charge in [-0.2, -0.15) is 0 Å². The second-order valence-corrected chi connectivity index (χ2v) is 3.74. The van der Waals surface area contributed by atoms with Gasteiger partial charge in [-0.3, -0.25) is 0 Å². The molecule has 0 aliphatic heterocycles. The van der Waals surface area contributed by atoms with E-state index in [0.717, 1.165) is 0 Å². The van der Waals surface area contributed by atoms with Crippen LogP contribution in [0.4, 0.5) is 5.82 Å². The predicted octanol–water partition coefficient (Wildman–Crippen LogP) is 0.0896. The van der Waals surface area contributed by atoms with E-state index in [-0.39, 0.29) is 24.6 Å². The molecule has 0 saturated carbocycles. The zero-order chi connectivity index (χ0) is 14.0. The second-order valence-electron chi connectivity index (χ2n) is 3.74. The highest BCUT2D eigenvalue weighted by atomic mass is 16.6. The minimum atomic E-state index is -1.17. The Morgan fingerprint density at radius 2 is 2.26 bits per heavy atom. The van der Waals surface area contributed by atoms with Gasteiger partial charge in [-0.05, 0) is 4.92 Å². The second kappa shape index (κ2) is 4.84. The summed E-state index contributed by atoms with van der Waals surface area (Å²) in [4.78, 5) is 24.7.